The molecule has 0 radical (unpaired) electrons. The van der Waals surface area contributed by atoms with Crippen molar-refractivity contribution in [2.75, 3.05) is 62.2 Å². The maximum atomic E-state index is 15.2. The lowest BCUT2D eigenvalue weighted by molar-refractivity contribution is 0.238. The van der Waals surface area contributed by atoms with Gasteiger partial charge in [0, 0.05) is 64.4 Å². The minimum absolute atomic E-state index is 0.101. The number of aliphatic hydroxyl groups is 1. The third kappa shape index (κ3) is 4.14. The third-order valence-corrected chi connectivity index (χ3v) is 7.13. The van der Waals surface area contributed by atoms with Crippen molar-refractivity contribution in [3.8, 4) is 11.3 Å². The maximum Gasteiger partial charge on any atom is 0.264 e. The lowest BCUT2D eigenvalue weighted by Gasteiger charge is -2.35. The van der Waals surface area contributed by atoms with Crippen LogP contribution in [0, 0.1) is 11.7 Å². The molecule has 0 aliphatic carbocycles. The zero-order valence-corrected chi connectivity index (χ0v) is 19.7. The number of rotatable bonds is 5. The van der Waals surface area contributed by atoms with Crippen molar-refractivity contribution < 1.29 is 9.50 Å². The van der Waals surface area contributed by atoms with Crippen molar-refractivity contribution in [3.05, 3.63) is 46.8 Å². The second-order valence-corrected chi connectivity index (χ2v) is 9.26. The van der Waals surface area contributed by atoms with Gasteiger partial charge in [-0.15, -0.1) is 0 Å². The van der Waals surface area contributed by atoms with Crippen LogP contribution in [0.4, 0.5) is 15.9 Å². The minimum atomic E-state index is -0.274. The highest BCUT2D eigenvalue weighted by molar-refractivity contribution is 5.92. The van der Waals surface area contributed by atoms with E-state index in [-0.39, 0.29) is 23.9 Å². The number of piperazine rings is 1. The number of anilines is 2. The molecule has 2 fully saturated rings. The Morgan fingerprint density at radius 2 is 1.91 bits per heavy atom. The number of likely N-dealkylation sites (N-methyl/N-ethyl adjacent to an activating group) is 1. The van der Waals surface area contributed by atoms with Crippen LogP contribution in [0.1, 0.15) is 13.3 Å². The molecule has 0 bridgehead atoms. The SMILES string of the molecule is CCN1CCN(c2ccc(-c3cc4ncn(C)c(=O)c4c(N4CCC(CO)C4)n3)cc2F)CC1. The highest BCUT2D eigenvalue weighted by Crippen LogP contribution is 2.32. The first kappa shape index (κ1) is 22.7. The van der Waals surface area contributed by atoms with Crippen LogP contribution in [0.5, 0.6) is 0 Å². The normalized spacial score (nSPS) is 19.4. The molecule has 3 aromatic rings. The van der Waals surface area contributed by atoms with Crippen molar-refractivity contribution in [3.63, 3.8) is 0 Å². The van der Waals surface area contributed by atoms with Crippen molar-refractivity contribution in [1.82, 2.24) is 19.4 Å². The van der Waals surface area contributed by atoms with E-state index in [9.17, 15) is 9.90 Å². The van der Waals surface area contributed by atoms with Crippen molar-refractivity contribution in [2.45, 2.75) is 13.3 Å². The molecule has 9 heteroatoms. The van der Waals surface area contributed by atoms with Crippen LogP contribution in [-0.4, -0.2) is 77.0 Å². The molecule has 5 rings (SSSR count). The van der Waals surface area contributed by atoms with E-state index in [1.165, 1.54) is 17.0 Å². The van der Waals surface area contributed by atoms with Gasteiger partial charge >= 0.3 is 0 Å². The molecule has 1 atom stereocenters. The maximum absolute atomic E-state index is 15.2. The third-order valence-electron chi connectivity index (χ3n) is 7.13. The first-order chi connectivity index (χ1) is 16.5. The zero-order chi connectivity index (χ0) is 23.8. The predicted molar refractivity (Wildman–Crippen MR) is 132 cm³/mol. The molecule has 1 N–H and O–H groups in total. The van der Waals surface area contributed by atoms with Gasteiger partial charge in [-0.05, 0) is 31.2 Å². The van der Waals surface area contributed by atoms with Crippen molar-refractivity contribution in [2.24, 2.45) is 13.0 Å². The molecule has 1 unspecified atom stereocenters. The van der Waals surface area contributed by atoms with Gasteiger partial charge in [-0.1, -0.05) is 13.0 Å². The number of aromatic nitrogens is 3. The van der Waals surface area contributed by atoms with E-state index < -0.39 is 0 Å². The summed E-state index contributed by atoms with van der Waals surface area (Å²) in [6, 6.07) is 7.01. The number of hydrogen-bond acceptors (Lipinski definition) is 7. The monoisotopic (exact) mass is 466 g/mol. The minimum Gasteiger partial charge on any atom is -0.396 e. The van der Waals surface area contributed by atoms with E-state index in [0.29, 0.717) is 46.8 Å². The highest BCUT2D eigenvalue weighted by atomic mass is 19.1. The van der Waals surface area contributed by atoms with Crippen LogP contribution in [0.25, 0.3) is 22.2 Å². The molecule has 2 aliphatic rings. The van der Waals surface area contributed by atoms with Gasteiger partial charge in [0.25, 0.3) is 5.56 Å². The van der Waals surface area contributed by atoms with Crippen molar-refractivity contribution in [1.29, 1.82) is 0 Å². The Bertz CT molecular complexity index is 1250. The predicted octanol–water partition coefficient (Wildman–Crippen LogP) is 2.10. The number of aryl methyl sites for hydroxylation is 1. The standard InChI is InChI=1S/C25H31FN6O2/c1-3-30-8-10-31(11-9-30)22-5-4-18(12-19(22)26)20-13-21-23(25(34)29(2)16-27-21)24(28-20)32-7-6-17(14-32)15-33/h4-5,12-13,16-17,33H,3,6-11,14-15H2,1-2H3. The molecule has 2 saturated heterocycles. The molecule has 4 heterocycles. The van der Waals surface area contributed by atoms with Crippen LogP contribution >= 0.6 is 0 Å². The van der Waals surface area contributed by atoms with Gasteiger partial charge in [0.15, 0.2) is 0 Å². The largest absolute Gasteiger partial charge is 0.396 e. The summed E-state index contributed by atoms with van der Waals surface area (Å²) >= 11 is 0. The van der Waals surface area contributed by atoms with E-state index >= 15 is 4.39 Å². The topological polar surface area (TPSA) is 77.7 Å². The number of halogens is 1. The summed E-state index contributed by atoms with van der Waals surface area (Å²) in [5.41, 5.74) is 2.21. The molecule has 34 heavy (non-hydrogen) atoms. The summed E-state index contributed by atoms with van der Waals surface area (Å²) in [6.07, 6.45) is 2.33. The molecule has 1 aromatic carbocycles. The second-order valence-electron chi connectivity index (χ2n) is 9.26. The Hall–Kier alpha value is -3.04. The first-order valence-electron chi connectivity index (χ1n) is 12.0. The van der Waals surface area contributed by atoms with Crippen LogP contribution in [0.3, 0.4) is 0 Å². The number of aliphatic hydroxyl groups excluding tert-OH is 1. The molecule has 2 aliphatic heterocycles. The molecular weight excluding hydrogens is 435 g/mol. The molecular formula is C25H31FN6O2. The van der Waals surface area contributed by atoms with Gasteiger partial charge in [0.2, 0.25) is 0 Å². The van der Waals surface area contributed by atoms with Gasteiger partial charge in [0.05, 0.1) is 23.2 Å². The Morgan fingerprint density at radius 1 is 1.12 bits per heavy atom. The summed E-state index contributed by atoms with van der Waals surface area (Å²) in [6.45, 7) is 8.04. The number of pyridine rings is 1. The van der Waals surface area contributed by atoms with E-state index in [2.05, 4.69) is 21.7 Å². The second kappa shape index (κ2) is 9.31. The van der Waals surface area contributed by atoms with Gasteiger partial charge in [-0.25, -0.2) is 14.4 Å². The Balaban J connectivity index is 1.53. The highest BCUT2D eigenvalue weighted by Gasteiger charge is 2.27. The van der Waals surface area contributed by atoms with Crippen molar-refractivity contribution >= 4 is 22.4 Å². The average molecular weight is 467 g/mol. The molecule has 180 valence electrons. The Kier molecular flexibility index (Phi) is 6.22. The van der Waals surface area contributed by atoms with Crippen LogP contribution in [0.2, 0.25) is 0 Å². The van der Waals surface area contributed by atoms with Crippen LogP contribution in [-0.2, 0) is 7.05 Å². The number of benzene rings is 1. The lowest BCUT2D eigenvalue weighted by atomic mass is 10.1. The molecule has 0 saturated carbocycles. The number of fused-ring (bicyclic) bond motifs is 1. The fourth-order valence-electron chi connectivity index (χ4n) is 4.98. The molecule has 2 aromatic heterocycles. The fraction of sp³-hybridized carbons (Fsp3) is 0.480. The molecule has 0 amide bonds. The number of hydrogen-bond donors (Lipinski definition) is 1. The average Bonchev–Trinajstić information content (AvgIpc) is 3.35. The van der Waals surface area contributed by atoms with E-state index in [1.54, 1.807) is 13.1 Å². The van der Waals surface area contributed by atoms with Gasteiger partial charge in [-0.3, -0.25) is 4.79 Å². The van der Waals surface area contributed by atoms with Gasteiger partial charge < -0.3 is 24.4 Å². The van der Waals surface area contributed by atoms with E-state index in [0.717, 1.165) is 39.1 Å². The van der Waals surface area contributed by atoms with Gasteiger partial charge in [0.1, 0.15) is 17.0 Å². The zero-order valence-electron chi connectivity index (χ0n) is 19.7. The Morgan fingerprint density at radius 3 is 2.59 bits per heavy atom. The Labute approximate surface area is 198 Å². The quantitative estimate of drug-likeness (QED) is 0.617. The fourth-order valence-corrected chi connectivity index (χ4v) is 4.98. The van der Waals surface area contributed by atoms with E-state index in [4.69, 9.17) is 4.98 Å². The summed E-state index contributed by atoms with van der Waals surface area (Å²) in [4.78, 5) is 28.8. The van der Waals surface area contributed by atoms with Crippen LogP contribution in [0.15, 0.2) is 35.4 Å². The lowest BCUT2D eigenvalue weighted by Crippen LogP contribution is -2.46. The molecule has 8 nitrogen and oxygen atoms in total. The summed E-state index contributed by atoms with van der Waals surface area (Å²) < 4.78 is 16.7. The molecule has 0 spiro atoms. The van der Waals surface area contributed by atoms with Crippen LogP contribution < -0.4 is 15.4 Å². The number of nitrogens with zero attached hydrogens (tertiary/aromatic N) is 6. The summed E-state index contributed by atoms with van der Waals surface area (Å²) in [7, 11) is 1.67. The van der Waals surface area contributed by atoms with Gasteiger partial charge in [-0.2, -0.15) is 0 Å². The smallest absolute Gasteiger partial charge is 0.264 e. The summed E-state index contributed by atoms with van der Waals surface area (Å²) in [5.74, 6) is 0.424. The first-order valence-corrected chi connectivity index (χ1v) is 12.0. The summed E-state index contributed by atoms with van der Waals surface area (Å²) in [5, 5.41) is 10.1. The van der Waals surface area contributed by atoms with E-state index in [1.807, 2.05) is 17.0 Å².